The minimum absolute atomic E-state index is 0.151. The van der Waals surface area contributed by atoms with E-state index in [1.54, 1.807) is 12.1 Å². The highest BCUT2D eigenvalue weighted by molar-refractivity contribution is 5.84. The highest BCUT2D eigenvalue weighted by Gasteiger charge is 2.26. The van der Waals surface area contributed by atoms with Crippen LogP contribution in [0.2, 0.25) is 0 Å². The second-order valence-electron chi connectivity index (χ2n) is 11.3. The number of halogens is 1. The maximum Gasteiger partial charge on any atom is 0.227 e. The second-order valence-corrected chi connectivity index (χ2v) is 11.3. The fraction of sp³-hybridized carbons (Fsp3) is 0.607. The molecule has 3 fully saturated rings. The lowest BCUT2D eigenvalue weighted by atomic mass is 9.91. The van der Waals surface area contributed by atoms with E-state index in [0.717, 1.165) is 80.6 Å². The van der Waals surface area contributed by atoms with Crippen LogP contribution in [0.1, 0.15) is 75.8 Å². The number of anilines is 2. The molecule has 37 heavy (non-hydrogen) atoms. The molecule has 0 amide bonds. The van der Waals surface area contributed by atoms with Crippen molar-refractivity contribution in [1.29, 1.82) is 0 Å². The Kier molecular flexibility index (Phi) is 7.24. The third-order valence-electron chi connectivity index (χ3n) is 8.54. The molecule has 2 aromatic heterocycles. The number of imidazole rings is 1. The van der Waals surface area contributed by atoms with Crippen molar-refractivity contribution in [2.45, 2.75) is 88.8 Å². The fourth-order valence-corrected chi connectivity index (χ4v) is 6.35. The van der Waals surface area contributed by atoms with Gasteiger partial charge in [-0.1, -0.05) is 25.0 Å². The van der Waals surface area contributed by atoms with Gasteiger partial charge in [0.15, 0.2) is 17.0 Å². The van der Waals surface area contributed by atoms with Crippen LogP contribution in [0.4, 0.5) is 16.2 Å². The summed E-state index contributed by atoms with van der Waals surface area (Å²) < 4.78 is 15.9. The van der Waals surface area contributed by atoms with E-state index in [0.29, 0.717) is 30.0 Å². The van der Waals surface area contributed by atoms with Crippen LogP contribution in [0.25, 0.3) is 11.2 Å². The molecule has 3 aromatic rings. The number of hydrogen-bond donors (Lipinski definition) is 3. The zero-order valence-electron chi connectivity index (χ0n) is 21.6. The molecular formula is C28H39FN8. The largest absolute Gasteiger partial charge is 0.351 e. The minimum Gasteiger partial charge on any atom is -0.351 e. The number of hydrogen-bond acceptors (Lipinski definition) is 7. The molecule has 0 atom stereocenters. The van der Waals surface area contributed by atoms with Crippen LogP contribution in [0.15, 0.2) is 30.6 Å². The van der Waals surface area contributed by atoms with Gasteiger partial charge in [-0.05, 0) is 81.4 Å². The molecule has 2 aliphatic carbocycles. The van der Waals surface area contributed by atoms with Gasteiger partial charge in [0.25, 0.3) is 0 Å². The van der Waals surface area contributed by atoms with Crippen LogP contribution < -0.4 is 16.5 Å². The van der Waals surface area contributed by atoms with Crippen molar-refractivity contribution in [3.8, 4) is 0 Å². The van der Waals surface area contributed by atoms with Crippen LogP contribution in [0.5, 0.6) is 0 Å². The maximum absolute atomic E-state index is 13.6. The number of rotatable bonds is 7. The Bertz CT molecular complexity index is 1190. The number of aromatic nitrogens is 4. The Morgan fingerprint density at radius 3 is 2.51 bits per heavy atom. The molecule has 6 rings (SSSR count). The maximum atomic E-state index is 13.6. The third-order valence-corrected chi connectivity index (χ3v) is 8.54. The van der Waals surface area contributed by atoms with Crippen molar-refractivity contribution >= 4 is 22.9 Å². The second kappa shape index (κ2) is 10.9. The zero-order chi connectivity index (χ0) is 25.2. The average molecular weight is 507 g/mol. The highest BCUT2D eigenvalue weighted by atomic mass is 19.1. The number of benzene rings is 1. The number of fused-ring (bicyclic) bond motifs is 1. The molecule has 0 bridgehead atoms. The summed E-state index contributed by atoms with van der Waals surface area (Å²) in [4.78, 5) is 14.7. The number of nitrogens with one attached hydrogen (secondary N) is 2. The first-order valence-electron chi connectivity index (χ1n) is 14.1. The van der Waals surface area contributed by atoms with Gasteiger partial charge >= 0.3 is 0 Å². The van der Waals surface area contributed by atoms with Gasteiger partial charge < -0.3 is 21.0 Å². The molecule has 4 N–H and O–H groups in total. The monoisotopic (exact) mass is 506 g/mol. The Labute approximate surface area is 218 Å². The molecule has 0 radical (unpaired) electrons. The SMILES string of the molecule is NC1CCC(Nc2nc(NN3CCC(Cc4cccc(F)c4)CC3)c3ncn(C4CCCC4)c3n2)CC1. The first kappa shape index (κ1) is 24.6. The molecule has 1 aliphatic heterocycles. The molecule has 2 saturated carbocycles. The number of piperidine rings is 1. The van der Waals surface area contributed by atoms with Crippen LogP contribution >= 0.6 is 0 Å². The lowest BCUT2D eigenvalue weighted by molar-refractivity contribution is 0.216. The summed E-state index contributed by atoms with van der Waals surface area (Å²) in [6.45, 7) is 1.83. The van der Waals surface area contributed by atoms with E-state index in [1.165, 1.54) is 31.7 Å². The van der Waals surface area contributed by atoms with Crippen molar-refractivity contribution < 1.29 is 4.39 Å². The first-order chi connectivity index (χ1) is 18.1. The van der Waals surface area contributed by atoms with E-state index < -0.39 is 0 Å². The first-order valence-corrected chi connectivity index (χ1v) is 14.1. The summed E-state index contributed by atoms with van der Waals surface area (Å²) in [6, 6.07) is 8.14. The summed E-state index contributed by atoms with van der Waals surface area (Å²) in [5.74, 6) is 1.86. The molecule has 1 saturated heterocycles. The van der Waals surface area contributed by atoms with Crippen LogP contribution in [0, 0.1) is 11.7 Å². The molecule has 0 unspecified atom stereocenters. The highest BCUT2D eigenvalue weighted by Crippen LogP contribution is 2.34. The molecule has 198 valence electrons. The van der Waals surface area contributed by atoms with Gasteiger partial charge in [-0.25, -0.2) is 14.4 Å². The molecule has 1 aromatic carbocycles. The Morgan fingerprint density at radius 2 is 1.76 bits per heavy atom. The Balaban J connectivity index is 1.18. The Hall–Kier alpha value is -2.78. The lowest BCUT2D eigenvalue weighted by Crippen LogP contribution is -2.39. The third kappa shape index (κ3) is 5.72. The van der Waals surface area contributed by atoms with Crippen molar-refractivity contribution in [1.82, 2.24) is 24.5 Å². The normalized spacial score (nSPS) is 24.1. The van der Waals surface area contributed by atoms with Crippen molar-refractivity contribution in [2.75, 3.05) is 23.8 Å². The molecule has 3 heterocycles. The fourth-order valence-electron chi connectivity index (χ4n) is 6.35. The van der Waals surface area contributed by atoms with Gasteiger partial charge in [0.05, 0.1) is 6.33 Å². The van der Waals surface area contributed by atoms with Crippen molar-refractivity contribution in [3.63, 3.8) is 0 Å². The van der Waals surface area contributed by atoms with Crippen LogP contribution in [-0.2, 0) is 6.42 Å². The average Bonchev–Trinajstić information content (AvgIpc) is 3.57. The molecule has 9 heteroatoms. The van der Waals surface area contributed by atoms with E-state index in [-0.39, 0.29) is 5.82 Å². The summed E-state index contributed by atoms with van der Waals surface area (Å²) >= 11 is 0. The van der Waals surface area contributed by atoms with Crippen molar-refractivity contribution in [3.05, 3.63) is 42.0 Å². The van der Waals surface area contributed by atoms with E-state index in [4.69, 9.17) is 20.7 Å². The van der Waals surface area contributed by atoms with Gasteiger partial charge in [-0.2, -0.15) is 9.97 Å². The van der Waals surface area contributed by atoms with Crippen LogP contribution in [0.3, 0.4) is 0 Å². The van der Waals surface area contributed by atoms with Gasteiger partial charge in [0, 0.05) is 31.2 Å². The molecule has 0 spiro atoms. The van der Waals surface area contributed by atoms with Crippen LogP contribution in [-0.4, -0.2) is 49.7 Å². The predicted octanol–water partition coefficient (Wildman–Crippen LogP) is 5.04. The smallest absolute Gasteiger partial charge is 0.227 e. The number of nitrogens with two attached hydrogens (primary N) is 1. The summed E-state index contributed by atoms with van der Waals surface area (Å²) in [5, 5.41) is 5.86. The quantitative estimate of drug-likeness (QED) is 0.413. The van der Waals surface area contributed by atoms with Gasteiger partial charge in [0.1, 0.15) is 5.82 Å². The molecular weight excluding hydrogens is 467 g/mol. The van der Waals surface area contributed by atoms with Gasteiger partial charge in [-0.15, -0.1) is 0 Å². The van der Waals surface area contributed by atoms with E-state index in [1.807, 2.05) is 12.4 Å². The summed E-state index contributed by atoms with van der Waals surface area (Å²) in [7, 11) is 0. The Morgan fingerprint density at radius 1 is 0.973 bits per heavy atom. The van der Waals surface area contributed by atoms with E-state index in [2.05, 4.69) is 20.3 Å². The molecule has 3 aliphatic rings. The minimum atomic E-state index is -0.151. The summed E-state index contributed by atoms with van der Waals surface area (Å²) in [6.07, 6.45) is 14.0. The standard InChI is InChI=1S/C28H39FN8/c29-21-5-3-4-20(17-21)16-19-12-14-36(15-13-19)35-26-25-27(37(18-31-25)24-6-1-2-7-24)34-28(33-26)32-23-10-8-22(30)9-11-23/h3-5,17-19,22-24H,1-2,6-16,30H2,(H2,32,33,34,35). The molecule has 8 nitrogen and oxygen atoms in total. The number of nitrogens with zero attached hydrogens (tertiary/aromatic N) is 5. The number of hydrazine groups is 1. The predicted molar refractivity (Wildman–Crippen MR) is 145 cm³/mol. The van der Waals surface area contributed by atoms with E-state index in [9.17, 15) is 4.39 Å². The zero-order valence-corrected chi connectivity index (χ0v) is 21.6. The van der Waals surface area contributed by atoms with Gasteiger partial charge in [-0.3, -0.25) is 0 Å². The summed E-state index contributed by atoms with van der Waals surface area (Å²) in [5.41, 5.74) is 12.6. The van der Waals surface area contributed by atoms with Crippen molar-refractivity contribution in [2.24, 2.45) is 11.7 Å². The van der Waals surface area contributed by atoms with Gasteiger partial charge in [0.2, 0.25) is 5.95 Å². The lowest BCUT2D eigenvalue weighted by Gasteiger charge is -2.32. The van der Waals surface area contributed by atoms with E-state index >= 15 is 0 Å². The topological polar surface area (TPSA) is 96.9 Å².